The predicted molar refractivity (Wildman–Crippen MR) is 112 cm³/mol. The lowest BCUT2D eigenvalue weighted by Crippen LogP contribution is -2.27. The van der Waals surface area contributed by atoms with Gasteiger partial charge in [0.1, 0.15) is 11.3 Å². The van der Waals surface area contributed by atoms with Gasteiger partial charge in [0.05, 0.1) is 17.3 Å². The minimum atomic E-state index is -0.0474. The third-order valence-electron chi connectivity index (χ3n) is 4.76. The minimum Gasteiger partial charge on any atom is -0.469 e. The lowest BCUT2D eigenvalue weighted by atomic mass is 10.2. The molecule has 0 bridgehead atoms. The SMILES string of the molecule is O=C(CCCn1c(=O)c2cccn2c2ccc(Br)cc21)NCCc1ccco1. The van der Waals surface area contributed by atoms with Crippen molar-refractivity contribution in [1.82, 2.24) is 14.3 Å². The Labute approximate surface area is 169 Å². The summed E-state index contributed by atoms with van der Waals surface area (Å²) in [5, 5.41) is 2.90. The summed E-state index contributed by atoms with van der Waals surface area (Å²) in [4.78, 5) is 25.0. The smallest absolute Gasteiger partial charge is 0.275 e. The zero-order chi connectivity index (χ0) is 19.5. The van der Waals surface area contributed by atoms with Crippen LogP contribution in [0.1, 0.15) is 18.6 Å². The summed E-state index contributed by atoms with van der Waals surface area (Å²) in [6, 6.07) is 13.3. The number of nitrogens with one attached hydrogen (secondary N) is 1. The van der Waals surface area contributed by atoms with E-state index in [1.807, 2.05) is 53.1 Å². The number of carbonyl (C=O) groups excluding carboxylic acids is 1. The van der Waals surface area contributed by atoms with Gasteiger partial charge in [0.25, 0.3) is 5.56 Å². The van der Waals surface area contributed by atoms with Crippen molar-refractivity contribution in [2.24, 2.45) is 0 Å². The molecule has 4 rings (SSSR count). The number of amides is 1. The molecule has 0 atom stereocenters. The Morgan fingerprint density at radius 2 is 2.00 bits per heavy atom. The molecule has 0 fully saturated rings. The van der Waals surface area contributed by atoms with Crippen LogP contribution < -0.4 is 10.9 Å². The van der Waals surface area contributed by atoms with Crippen molar-refractivity contribution in [2.45, 2.75) is 25.8 Å². The van der Waals surface area contributed by atoms with Gasteiger partial charge in [0.15, 0.2) is 0 Å². The van der Waals surface area contributed by atoms with Crippen molar-refractivity contribution in [3.05, 3.63) is 75.5 Å². The second-order valence-corrected chi connectivity index (χ2v) is 7.55. The molecule has 0 saturated carbocycles. The van der Waals surface area contributed by atoms with Crippen molar-refractivity contribution < 1.29 is 9.21 Å². The second kappa shape index (κ2) is 8.06. The minimum absolute atomic E-state index is 0.0196. The number of hydrogen-bond donors (Lipinski definition) is 1. The largest absolute Gasteiger partial charge is 0.469 e. The number of aromatic nitrogens is 2. The van der Waals surface area contributed by atoms with Gasteiger partial charge < -0.3 is 18.7 Å². The van der Waals surface area contributed by atoms with E-state index in [4.69, 9.17) is 4.42 Å². The summed E-state index contributed by atoms with van der Waals surface area (Å²) in [7, 11) is 0. The highest BCUT2D eigenvalue weighted by Crippen LogP contribution is 2.20. The van der Waals surface area contributed by atoms with Crippen LogP contribution in [0.15, 0.2) is 68.6 Å². The van der Waals surface area contributed by atoms with Crippen LogP contribution in [0.2, 0.25) is 0 Å². The molecular weight excluding hydrogens is 422 g/mol. The third kappa shape index (κ3) is 3.75. The zero-order valence-corrected chi connectivity index (χ0v) is 16.8. The Balaban J connectivity index is 1.45. The number of rotatable bonds is 7. The van der Waals surface area contributed by atoms with Gasteiger partial charge in [-0.25, -0.2) is 0 Å². The van der Waals surface area contributed by atoms with Gasteiger partial charge in [-0.3, -0.25) is 9.59 Å². The summed E-state index contributed by atoms with van der Waals surface area (Å²) in [5.41, 5.74) is 2.40. The molecule has 0 radical (unpaired) electrons. The molecule has 0 aliphatic heterocycles. The van der Waals surface area contributed by atoms with E-state index in [9.17, 15) is 9.59 Å². The van der Waals surface area contributed by atoms with E-state index in [1.165, 1.54) is 0 Å². The average molecular weight is 442 g/mol. The highest BCUT2D eigenvalue weighted by atomic mass is 79.9. The first-order chi connectivity index (χ1) is 13.6. The van der Waals surface area contributed by atoms with Gasteiger partial charge in [0.2, 0.25) is 5.91 Å². The van der Waals surface area contributed by atoms with Gasteiger partial charge in [-0.2, -0.15) is 0 Å². The van der Waals surface area contributed by atoms with Gasteiger partial charge in [-0.05, 0) is 48.9 Å². The van der Waals surface area contributed by atoms with Crippen molar-refractivity contribution in [3.8, 4) is 0 Å². The van der Waals surface area contributed by atoms with E-state index in [2.05, 4.69) is 21.2 Å². The number of benzene rings is 1. The van der Waals surface area contributed by atoms with Crippen LogP contribution in [0.4, 0.5) is 0 Å². The fourth-order valence-corrected chi connectivity index (χ4v) is 3.77. The molecule has 0 saturated heterocycles. The van der Waals surface area contributed by atoms with Crippen LogP contribution in [0.5, 0.6) is 0 Å². The summed E-state index contributed by atoms with van der Waals surface area (Å²) < 4.78 is 9.82. The quantitative estimate of drug-likeness (QED) is 0.474. The molecule has 1 aromatic carbocycles. The van der Waals surface area contributed by atoms with E-state index < -0.39 is 0 Å². The fraction of sp³-hybridized carbons (Fsp3) is 0.238. The zero-order valence-electron chi connectivity index (χ0n) is 15.2. The molecule has 0 spiro atoms. The summed E-state index contributed by atoms with van der Waals surface area (Å²) in [5.74, 6) is 0.832. The Morgan fingerprint density at radius 1 is 1.11 bits per heavy atom. The van der Waals surface area contributed by atoms with Crippen molar-refractivity contribution >= 4 is 38.4 Å². The Bertz CT molecular complexity index is 1180. The van der Waals surface area contributed by atoms with E-state index in [0.29, 0.717) is 37.9 Å². The molecular formula is C21H20BrN3O3. The standard InChI is InChI=1S/C21H20BrN3O3/c22-15-7-8-17-19(14-15)25(21(27)18-5-1-11-24(17)18)12-2-6-20(26)23-10-9-16-4-3-13-28-16/h1,3-5,7-8,11,13-14H,2,6,9-10,12H2,(H,23,26). The molecule has 144 valence electrons. The predicted octanol–water partition coefficient (Wildman–Crippen LogP) is 3.75. The molecule has 1 amide bonds. The molecule has 0 aliphatic carbocycles. The normalized spacial score (nSPS) is 11.3. The first-order valence-corrected chi connectivity index (χ1v) is 10.0. The highest BCUT2D eigenvalue weighted by Gasteiger charge is 2.11. The number of hydrogen-bond acceptors (Lipinski definition) is 3. The Kier molecular flexibility index (Phi) is 5.34. The maximum absolute atomic E-state index is 12.9. The van der Waals surface area contributed by atoms with Crippen LogP contribution in [0.25, 0.3) is 16.6 Å². The van der Waals surface area contributed by atoms with E-state index >= 15 is 0 Å². The second-order valence-electron chi connectivity index (χ2n) is 6.64. The Morgan fingerprint density at radius 3 is 2.82 bits per heavy atom. The number of nitrogens with zero attached hydrogens (tertiary/aromatic N) is 2. The molecule has 6 nitrogen and oxygen atoms in total. The van der Waals surface area contributed by atoms with Crippen LogP contribution >= 0.6 is 15.9 Å². The topological polar surface area (TPSA) is 68.7 Å². The number of fused-ring (bicyclic) bond motifs is 3. The molecule has 4 aromatic rings. The van der Waals surface area contributed by atoms with E-state index in [0.717, 1.165) is 21.3 Å². The van der Waals surface area contributed by atoms with E-state index in [1.54, 1.807) is 10.8 Å². The van der Waals surface area contributed by atoms with Crippen LogP contribution in [-0.4, -0.2) is 21.4 Å². The van der Waals surface area contributed by atoms with Gasteiger partial charge in [0, 0.05) is 36.6 Å². The molecule has 28 heavy (non-hydrogen) atoms. The number of carbonyl (C=O) groups is 1. The van der Waals surface area contributed by atoms with Gasteiger partial charge in [-0.15, -0.1) is 0 Å². The first-order valence-electron chi connectivity index (χ1n) is 9.22. The average Bonchev–Trinajstić information content (AvgIpc) is 3.36. The monoisotopic (exact) mass is 441 g/mol. The maximum atomic E-state index is 12.9. The molecule has 3 aromatic heterocycles. The fourth-order valence-electron chi connectivity index (χ4n) is 3.42. The van der Waals surface area contributed by atoms with Crippen LogP contribution in [0.3, 0.4) is 0 Å². The Hall–Kier alpha value is -2.80. The lowest BCUT2D eigenvalue weighted by Gasteiger charge is -2.13. The number of furan rings is 1. The molecule has 7 heteroatoms. The first kappa shape index (κ1) is 18.6. The van der Waals surface area contributed by atoms with Gasteiger partial charge in [-0.1, -0.05) is 15.9 Å². The van der Waals surface area contributed by atoms with Crippen molar-refractivity contribution in [2.75, 3.05) is 6.54 Å². The summed E-state index contributed by atoms with van der Waals surface area (Å²) in [6.07, 6.45) is 5.14. The highest BCUT2D eigenvalue weighted by molar-refractivity contribution is 9.10. The van der Waals surface area contributed by atoms with Crippen LogP contribution in [0, 0.1) is 0 Å². The molecule has 3 heterocycles. The molecule has 0 aliphatic rings. The van der Waals surface area contributed by atoms with Crippen molar-refractivity contribution in [1.29, 1.82) is 0 Å². The number of aryl methyl sites for hydroxylation is 1. The van der Waals surface area contributed by atoms with Gasteiger partial charge >= 0.3 is 0 Å². The van der Waals surface area contributed by atoms with E-state index in [-0.39, 0.29) is 11.5 Å². The summed E-state index contributed by atoms with van der Waals surface area (Å²) in [6.45, 7) is 1.03. The van der Waals surface area contributed by atoms with Crippen molar-refractivity contribution in [3.63, 3.8) is 0 Å². The molecule has 0 unspecified atom stereocenters. The lowest BCUT2D eigenvalue weighted by molar-refractivity contribution is -0.121. The maximum Gasteiger partial charge on any atom is 0.275 e. The number of halogens is 1. The summed E-state index contributed by atoms with van der Waals surface area (Å²) >= 11 is 3.49. The molecule has 1 N–H and O–H groups in total. The third-order valence-corrected chi connectivity index (χ3v) is 5.25. The van der Waals surface area contributed by atoms with Crippen LogP contribution in [-0.2, 0) is 17.8 Å².